The standard InChI is InChI=1S/C6H7IO2/c1-2-3-4-5(7)6(8)9/h2-4H,1H3,(H,8,9)/b3-2-,5-4-. The van der Waals surface area contributed by atoms with Gasteiger partial charge in [0, 0.05) is 0 Å². The normalized spacial score (nSPS) is 12.4. The zero-order valence-electron chi connectivity index (χ0n) is 4.97. The molecule has 0 radical (unpaired) electrons. The first-order chi connectivity index (χ1) is 4.18. The van der Waals surface area contributed by atoms with Crippen molar-refractivity contribution in [3.05, 3.63) is 21.8 Å². The van der Waals surface area contributed by atoms with Crippen LogP contribution in [0.2, 0.25) is 0 Å². The summed E-state index contributed by atoms with van der Waals surface area (Å²) in [5.41, 5.74) is 0. The number of carbonyl (C=O) groups is 1. The highest BCUT2D eigenvalue weighted by atomic mass is 127. The number of allylic oxidation sites excluding steroid dienone is 3. The van der Waals surface area contributed by atoms with E-state index in [1.807, 2.05) is 6.92 Å². The third-order valence-electron chi connectivity index (χ3n) is 0.639. The summed E-state index contributed by atoms with van der Waals surface area (Å²) < 4.78 is 0.325. The monoisotopic (exact) mass is 238 g/mol. The lowest BCUT2D eigenvalue weighted by Crippen LogP contribution is -1.91. The minimum absolute atomic E-state index is 0.325. The van der Waals surface area contributed by atoms with Crippen LogP contribution in [0.4, 0.5) is 0 Å². The van der Waals surface area contributed by atoms with E-state index in [1.54, 1.807) is 40.8 Å². The van der Waals surface area contributed by atoms with Crippen LogP contribution in [-0.4, -0.2) is 11.1 Å². The first-order valence-corrected chi connectivity index (χ1v) is 3.48. The van der Waals surface area contributed by atoms with E-state index in [0.717, 1.165) is 0 Å². The Kier molecular flexibility index (Phi) is 4.39. The molecule has 0 saturated carbocycles. The highest BCUT2D eigenvalue weighted by Gasteiger charge is 1.97. The zero-order valence-corrected chi connectivity index (χ0v) is 7.12. The first kappa shape index (κ1) is 8.68. The molecular formula is C6H7IO2. The van der Waals surface area contributed by atoms with Gasteiger partial charge in [-0.15, -0.1) is 0 Å². The van der Waals surface area contributed by atoms with Crippen LogP contribution in [0.3, 0.4) is 0 Å². The molecule has 0 aliphatic rings. The van der Waals surface area contributed by atoms with Gasteiger partial charge in [-0.2, -0.15) is 0 Å². The Balaban J connectivity index is 4.00. The third kappa shape index (κ3) is 4.20. The minimum Gasteiger partial charge on any atom is -0.477 e. The molecular weight excluding hydrogens is 231 g/mol. The van der Waals surface area contributed by atoms with Gasteiger partial charge in [-0.25, -0.2) is 4.79 Å². The SMILES string of the molecule is C/C=C\C=C(/I)C(=O)O. The molecule has 9 heavy (non-hydrogen) atoms. The average Bonchev–Trinajstić information content (AvgIpc) is 1.82. The maximum Gasteiger partial charge on any atom is 0.341 e. The topological polar surface area (TPSA) is 37.3 Å². The fourth-order valence-corrected chi connectivity index (χ4v) is 0.460. The van der Waals surface area contributed by atoms with E-state index in [1.165, 1.54) is 0 Å². The predicted octanol–water partition coefficient (Wildman–Crippen LogP) is 1.97. The molecule has 0 aromatic rings. The zero-order chi connectivity index (χ0) is 7.28. The lowest BCUT2D eigenvalue weighted by Gasteiger charge is -1.83. The van der Waals surface area contributed by atoms with Crippen LogP contribution in [0.1, 0.15) is 6.92 Å². The number of halogens is 1. The molecule has 2 nitrogen and oxygen atoms in total. The number of aliphatic carboxylic acids is 1. The van der Waals surface area contributed by atoms with Crippen molar-refractivity contribution < 1.29 is 9.90 Å². The second kappa shape index (κ2) is 4.55. The predicted molar refractivity (Wildman–Crippen MR) is 44.6 cm³/mol. The molecule has 0 spiro atoms. The Morgan fingerprint density at radius 1 is 1.67 bits per heavy atom. The first-order valence-electron chi connectivity index (χ1n) is 2.40. The van der Waals surface area contributed by atoms with Crippen molar-refractivity contribution in [3.8, 4) is 0 Å². The van der Waals surface area contributed by atoms with Crippen molar-refractivity contribution in [2.75, 3.05) is 0 Å². The molecule has 1 N–H and O–H groups in total. The largest absolute Gasteiger partial charge is 0.477 e. The second-order valence-electron chi connectivity index (χ2n) is 1.35. The van der Waals surface area contributed by atoms with Crippen LogP contribution in [-0.2, 0) is 4.79 Å². The van der Waals surface area contributed by atoms with Crippen molar-refractivity contribution in [3.63, 3.8) is 0 Å². The van der Waals surface area contributed by atoms with Gasteiger partial charge in [0.1, 0.15) is 0 Å². The summed E-state index contributed by atoms with van der Waals surface area (Å²) in [6.07, 6.45) is 5.01. The Labute approximate surface area is 67.4 Å². The maximum absolute atomic E-state index is 10.1. The Hall–Kier alpha value is -0.320. The van der Waals surface area contributed by atoms with Crippen molar-refractivity contribution in [2.45, 2.75) is 6.92 Å². The van der Waals surface area contributed by atoms with Gasteiger partial charge in [-0.05, 0) is 35.6 Å². The van der Waals surface area contributed by atoms with Crippen LogP contribution in [0.5, 0.6) is 0 Å². The van der Waals surface area contributed by atoms with Gasteiger partial charge in [-0.1, -0.05) is 12.2 Å². The lowest BCUT2D eigenvalue weighted by atomic mass is 10.4. The number of carboxylic acid groups (broad SMARTS) is 1. The molecule has 0 fully saturated rings. The maximum atomic E-state index is 10.1. The van der Waals surface area contributed by atoms with Gasteiger partial charge in [0.15, 0.2) is 0 Å². The molecule has 0 aliphatic heterocycles. The summed E-state index contributed by atoms with van der Waals surface area (Å²) in [5, 5.41) is 8.30. The van der Waals surface area contributed by atoms with Crippen LogP contribution in [0.25, 0.3) is 0 Å². The summed E-state index contributed by atoms with van der Waals surface area (Å²) in [6.45, 7) is 1.84. The Morgan fingerprint density at radius 2 is 2.22 bits per heavy atom. The summed E-state index contributed by atoms with van der Waals surface area (Å²) >= 11 is 1.77. The Bertz CT molecular complexity index is 158. The molecule has 0 atom stereocenters. The van der Waals surface area contributed by atoms with Crippen LogP contribution in [0, 0.1) is 0 Å². The van der Waals surface area contributed by atoms with Crippen LogP contribution >= 0.6 is 22.6 Å². The van der Waals surface area contributed by atoms with E-state index in [0.29, 0.717) is 3.58 Å². The van der Waals surface area contributed by atoms with E-state index >= 15 is 0 Å². The fraction of sp³-hybridized carbons (Fsp3) is 0.167. The molecule has 0 aromatic carbocycles. The lowest BCUT2D eigenvalue weighted by molar-refractivity contribution is -0.131. The van der Waals surface area contributed by atoms with Crippen LogP contribution in [0.15, 0.2) is 21.8 Å². The molecule has 3 heteroatoms. The van der Waals surface area contributed by atoms with E-state index in [-0.39, 0.29) is 0 Å². The second-order valence-corrected chi connectivity index (χ2v) is 2.51. The molecule has 0 aliphatic carbocycles. The van der Waals surface area contributed by atoms with Gasteiger partial charge in [0.2, 0.25) is 0 Å². The van der Waals surface area contributed by atoms with Gasteiger partial charge in [0.25, 0.3) is 0 Å². The van der Waals surface area contributed by atoms with Gasteiger partial charge < -0.3 is 5.11 Å². The summed E-state index contributed by atoms with van der Waals surface area (Å²) in [5.74, 6) is -0.881. The minimum atomic E-state index is -0.881. The molecule has 0 unspecified atom stereocenters. The van der Waals surface area contributed by atoms with E-state index in [2.05, 4.69) is 0 Å². The van der Waals surface area contributed by atoms with Gasteiger partial charge in [0.05, 0.1) is 3.58 Å². The van der Waals surface area contributed by atoms with Gasteiger partial charge in [-0.3, -0.25) is 0 Å². The summed E-state index contributed by atoms with van der Waals surface area (Å²) in [6, 6.07) is 0. The molecule has 0 amide bonds. The highest BCUT2D eigenvalue weighted by Crippen LogP contribution is 2.04. The number of carboxylic acids is 1. The van der Waals surface area contributed by atoms with Crippen molar-refractivity contribution in [1.82, 2.24) is 0 Å². The van der Waals surface area contributed by atoms with Gasteiger partial charge >= 0.3 is 5.97 Å². The highest BCUT2D eigenvalue weighted by molar-refractivity contribution is 14.1. The van der Waals surface area contributed by atoms with Crippen molar-refractivity contribution in [2.24, 2.45) is 0 Å². The molecule has 50 valence electrons. The number of rotatable bonds is 2. The third-order valence-corrected chi connectivity index (χ3v) is 1.46. The molecule has 0 aromatic heterocycles. The molecule has 0 saturated heterocycles. The van der Waals surface area contributed by atoms with E-state index in [4.69, 9.17) is 5.11 Å². The summed E-state index contributed by atoms with van der Waals surface area (Å²) in [7, 11) is 0. The molecule has 0 rings (SSSR count). The quantitative estimate of drug-likeness (QED) is 0.453. The Morgan fingerprint density at radius 3 is 2.56 bits per heavy atom. The molecule has 0 bridgehead atoms. The summed E-state index contributed by atoms with van der Waals surface area (Å²) in [4.78, 5) is 10.1. The van der Waals surface area contributed by atoms with E-state index < -0.39 is 5.97 Å². The van der Waals surface area contributed by atoms with Crippen molar-refractivity contribution >= 4 is 28.6 Å². The number of hydrogen-bond donors (Lipinski definition) is 1. The average molecular weight is 238 g/mol. The number of hydrogen-bond acceptors (Lipinski definition) is 1. The molecule has 0 heterocycles. The van der Waals surface area contributed by atoms with Crippen LogP contribution < -0.4 is 0 Å². The smallest absolute Gasteiger partial charge is 0.341 e. The van der Waals surface area contributed by atoms with E-state index in [9.17, 15) is 4.79 Å². The van der Waals surface area contributed by atoms with Crippen molar-refractivity contribution in [1.29, 1.82) is 0 Å². The fourth-order valence-electron chi connectivity index (χ4n) is 0.252.